The van der Waals surface area contributed by atoms with E-state index in [1.807, 2.05) is 18.2 Å². The lowest BCUT2D eigenvalue weighted by molar-refractivity contribution is -0.0229. The van der Waals surface area contributed by atoms with Gasteiger partial charge in [0.15, 0.2) is 0 Å². The molecule has 0 unspecified atom stereocenters. The summed E-state index contributed by atoms with van der Waals surface area (Å²) in [6.45, 7) is 3.56. The van der Waals surface area contributed by atoms with E-state index in [0.29, 0.717) is 12.2 Å². The Morgan fingerprint density at radius 1 is 1.17 bits per heavy atom. The van der Waals surface area contributed by atoms with Gasteiger partial charge < -0.3 is 19.7 Å². The van der Waals surface area contributed by atoms with Crippen molar-refractivity contribution in [3.63, 3.8) is 0 Å². The summed E-state index contributed by atoms with van der Waals surface area (Å²) < 4.78 is 11.2. The molecule has 2 N–H and O–H groups in total. The molecule has 0 saturated carbocycles. The molecule has 2 aliphatic rings. The van der Waals surface area contributed by atoms with Gasteiger partial charge in [0.2, 0.25) is 0 Å². The number of fused-ring (bicyclic) bond motifs is 5. The molecule has 0 saturated heterocycles. The van der Waals surface area contributed by atoms with Gasteiger partial charge in [-0.25, -0.2) is 0 Å². The Balaban J connectivity index is 1.83. The molecule has 0 bridgehead atoms. The smallest absolute Gasteiger partial charge is 0.131 e. The number of benzene rings is 2. The van der Waals surface area contributed by atoms with Gasteiger partial charge in [-0.15, -0.1) is 0 Å². The van der Waals surface area contributed by atoms with Crippen LogP contribution in [0.25, 0.3) is 11.1 Å². The highest BCUT2D eigenvalue weighted by Crippen LogP contribution is 2.47. The quantitative estimate of drug-likeness (QED) is 0.889. The van der Waals surface area contributed by atoms with Crippen molar-refractivity contribution in [2.24, 2.45) is 0 Å². The van der Waals surface area contributed by atoms with Crippen LogP contribution in [-0.4, -0.2) is 29.0 Å². The van der Waals surface area contributed by atoms with Crippen molar-refractivity contribution >= 4 is 0 Å². The first-order valence-electron chi connectivity index (χ1n) is 8.32. The van der Waals surface area contributed by atoms with Gasteiger partial charge in [0.1, 0.15) is 23.4 Å². The number of phenols is 1. The van der Waals surface area contributed by atoms with Crippen LogP contribution in [-0.2, 0) is 19.3 Å². The fourth-order valence-electron chi connectivity index (χ4n) is 3.84. The maximum atomic E-state index is 10.5. The maximum Gasteiger partial charge on any atom is 0.131 e. The molecule has 0 aromatic heterocycles. The van der Waals surface area contributed by atoms with E-state index in [9.17, 15) is 10.2 Å². The fourth-order valence-corrected chi connectivity index (χ4v) is 3.84. The zero-order valence-corrected chi connectivity index (χ0v) is 14.2. The fraction of sp³-hybridized carbons (Fsp3) is 0.400. The zero-order valence-electron chi connectivity index (χ0n) is 14.2. The van der Waals surface area contributed by atoms with E-state index in [1.54, 1.807) is 27.0 Å². The van der Waals surface area contributed by atoms with Crippen molar-refractivity contribution in [2.75, 3.05) is 7.11 Å². The molecule has 0 amide bonds. The molecule has 1 aliphatic carbocycles. The molecule has 2 aromatic rings. The molecule has 2 aromatic carbocycles. The molecule has 126 valence electrons. The van der Waals surface area contributed by atoms with E-state index in [2.05, 4.69) is 0 Å². The lowest BCUT2D eigenvalue weighted by Crippen LogP contribution is -2.39. The van der Waals surface area contributed by atoms with Gasteiger partial charge in [-0.1, -0.05) is 6.07 Å². The molecule has 1 atom stereocenters. The first-order valence-corrected chi connectivity index (χ1v) is 8.32. The van der Waals surface area contributed by atoms with Gasteiger partial charge in [-0.05, 0) is 55.5 Å². The van der Waals surface area contributed by atoms with E-state index >= 15 is 0 Å². The Morgan fingerprint density at radius 3 is 2.67 bits per heavy atom. The minimum atomic E-state index is -0.881. The van der Waals surface area contributed by atoms with E-state index in [0.717, 1.165) is 35.3 Å². The van der Waals surface area contributed by atoms with E-state index in [4.69, 9.17) is 9.47 Å². The number of aryl methyl sites for hydroxylation is 1. The summed E-state index contributed by atoms with van der Waals surface area (Å²) in [6, 6.07) is 7.64. The van der Waals surface area contributed by atoms with Gasteiger partial charge in [0.25, 0.3) is 0 Å². The molecule has 0 spiro atoms. The summed E-state index contributed by atoms with van der Waals surface area (Å²) in [7, 11) is 1.61. The first-order chi connectivity index (χ1) is 11.4. The monoisotopic (exact) mass is 326 g/mol. The highest BCUT2D eigenvalue weighted by atomic mass is 16.5. The predicted octanol–water partition coefficient (Wildman–Crippen LogP) is 3.24. The van der Waals surface area contributed by atoms with Crippen molar-refractivity contribution in [2.45, 2.75) is 44.8 Å². The van der Waals surface area contributed by atoms with Crippen molar-refractivity contribution in [1.82, 2.24) is 0 Å². The standard InChI is InChI=1S/C20H22O4/c1-20(2,22)18-10-15-13-5-4-11-8-12(23-3)9-16(21)19(11)14(13)6-7-17(15)24-18/h6-9,18,21-22H,4-5,10H2,1-3H3/t18-/m0/s1. The molecule has 1 heterocycles. The highest BCUT2D eigenvalue weighted by Gasteiger charge is 2.37. The summed E-state index contributed by atoms with van der Waals surface area (Å²) in [5, 5.41) is 20.8. The number of hydrogen-bond donors (Lipinski definition) is 2. The summed E-state index contributed by atoms with van der Waals surface area (Å²) in [5.74, 6) is 1.79. The third-order valence-corrected chi connectivity index (χ3v) is 5.16. The second-order valence-corrected chi connectivity index (χ2v) is 7.21. The Morgan fingerprint density at radius 2 is 1.96 bits per heavy atom. The topological polar surface area (TPSA) is 58.9 Å². The van der Waals surface area contributed by atoms with Gasteiger partial charge in [-0.2, -0.15) is 0 Å². The second-order valence-electron chi connectivity index (χ2n) is 7.21. The van der Waals surface area contributed by atoms with Crippen LogP contribution in [0.15, 0.2) is 24.3 Å². The predicted molar refractivity (Wildman–Crippen MR) is 91.9 cm³/mol. The molecule has 4 heteroatoms. The highest BCUT2D eigenvalue weighted by molar-refractivity contribution is 5.81. The number of hydrogen-bond acceptors (Lipinski definition) is 4. The lowest BCUT2D eigenvalue weighted by Gasteiger charge is -2.24. The number of phenolic OH excluding ortho intramolecular Hbond substituents is 1. The van der Waals surface area contributed by atoms with E-state index in [-0.39, 0.29) is 11.9 Å². The van der Waals surface area contributed by atoms with Crippen LogP contribution in [0.5, 0.6) is 17.2 Å². The lowest BCUT2D eigenvalue weighted by atomic mass is 9.81. The summed E-state index contributed by atoms with van der Waals surface area (Å²) in [4.78, 5) is 0. The van der Waals surface area contributed by atoms with Crippen LogP contribution < -0.4 is 9.47 Å². The molecule has 4 rings (SSSR count). The van der Waals surface area contributed by atoms with Crippen molar-refractivity contribution in [3.8, 4) is 28.4 Å². The minimum absolute atomic E-state index is 0.232. The van der Waals surface area contributed by atoms with Crippen LogP contribution in [0.3, 0.4) is 0 Å². The van der Waals surface area contributed by atoms with Crippen molar-refractivity contribution in [3.05, 3.63) is 41.0 Å². The van der Waals surface area contributed by atoms with Crippen molar-refractivity contribution < 1.29 is 19.7 Å². The normalized spacial score (nSPS) is 18.4. The van der Waals surface area contributed by atoms with Crippen LogP contribution in [0, 0.1) is 0 Å². The third kappa shape index (κ3) is 2.25. The number of rotatable bonds is 2. The van der Waals surface area contributed by atoms with Gasteiger partial charge in [0.05, 0.1) is 12.7 Å². The van der Waals surface area contributed by atoms with Crippen LogP contribution in [0.4, 0.5) is 0 Å². The molecule has 1 aliphatic heterocycles. The first kappa shape index (κ1) is 15.3. The molecular weight excluding hydrogens is 304 g/mol. The summed E-state index contributed by atoms with van der Waals surface area (Å²) in [5.41, 5.74) is 4.58. The Kier molecular flexibility index (Phi) is 3.29. The average Bonchev–Trinajstić information content (AvgIpc) is 2.98. The number of methoxy groups -OCH3 is 1. The van der Waals surface area contributed by atoms with Gasteiger partial charge in [-0.3, -0.25) is 0 Å². The summed E-state index contributed by atoms with van der Waals surface area (Å²) >= 11 is 0. The minimum Gasteiger partial charge on any atom is -0.507 e. The van der Waals surface area contributed by atoms with E-state index in [1.165, 1.54) is 11.1 Å². The van der Waals surface area contributed by atoms with Crippen LogP contribution >= 0.6 is 0 Å². The number of aliphatic hydroxyl groups is 1. The molecule has 0 radical (unpaired) electrons. The largest absolute Gasteiger partial charge is 0.507 e. The van der Waals surface area contributed by atoms with Gasteiger partial charge >= 0.3 is 0 Å². The Hall–Kier alpha value is -2.20. The Labute approximate surface area is 141 Å². The maximum absolute atomic E-state index is 10.5. The molecule has 24 heavy (non-hydrogen) atoms. The van der Waals surface area contributed by atoms with Gasteiger partial charge in [0, 0.05) is 23.6 Å². The SMILES string of the molecule is COc1cc(O)c2c(c1)CCc1c-2ccc2c1C[C@@H](C(C)(C)O)O2. The van der Waals surface area contributed by atoms with Crippen molar-refractivity contribution in [1.29, 1.82) is 0 Å². The van der Waals surface area contributed by atoms with Crippen LogP contribution in [0.2, 0.25) is 0 Å². The third-order valence-electron chi connectivity index (χ3n) is 5.16. The zero-order chi connectivity index (χ0) is 17.1. The Bertz CT molecular complexity index is 817. The molecule has 0 fully saturated rings. The molecular formula is C20H22O4. The van der Waals surface area contributed by atoms with E-state index < -0.39 is 5.60 Å². The van der Waals surface area contributed by atoms with Crippen LogP contribution in [0.1, 0.15) is 30.5 Å². The average molecular weight is 326 g/mol. The second kappa shape index (κ2) is 5.15. The molecule has 4 nitrogen and oxygen atoms in total. The number of ether oxygens (including phenoxy) is 2. The summed E-state index contributed by atoms with van der Waals surface area (Å²) in [6.07, 6.45) is 2.23. The number of aromatic hydroxyl groups is 1.